The van der Waals surface area contributed by atoms with Crippen LogP contribution >= 0.6 is 11.6 Å². The topological polar surface area (TPSA) is 55.1 Å². The van der Waals surface area contributed by atoms with Crippen LogP contribution in [0.4, 0.5) is 13.2 Å². The largest absolute Gasteiger partial charge is 0.476 e. The molecule has 0 fully saturated rings. The minimum Gasteiger partial charge on any atom is -0.476 e. The van der Waals surface area contributed by atoms with Gasteiger partial charge in [-0.15, -0.1) is 0 Å². The molecule has 1 aromatic heterocycles. The Kier molecular flexibility index (Phi) is 4.29. The summed E-state index contributed by atoms with van der Waals surface area (Å²) in [6, 6.07) is 2.96. The number of carbonyl (C=O) groups is 1. The lowest BCUT2D eigenvalue weighted by Crippen LogP contribution is -2.09. The third-order valence-corrected chi connectivity index (χ3v) is 4.45. The number of benzene rings is 1. The number of carboxylic acids is 1. The fourth-order valence-corrected chi connectivity index (χ4v) is 3.20. The van der Waals surface area contributed by atoms with Crippen molar-refractivity contribution < 1.29 is 23.1 Å². The first-order valence-electron chi connectivity index (χ1n) is 7.50. The molecule has 0 spiro atoms. The minimum absolute atomic E-state index is 0.0529. The number of hydrogen-bond acceptors (Lipinski definition) is 2. The van der Waals surface area contributed by atoms with Gasteiger partial charge in [0.05, 0.1) is 16.3 Å². The van der Waals surface area contributed by atoms with E-state index >= 15 is 0 Å². The first kappa shape index (κ1) is 16.8. The highest BCUT2D eigenvalue weighted by Gasteiger charge is 2.32. The maximum Gasteiger partial charge on any atom is 0.416 e. The maximum atomic E-state index is 13.0. The van der Waals surface area contributed by atoms with Gasteiger partial charge in [-0.05, 0) is 43.9 Å². The fourth-order valence-electron chi connectivity index (χ4n) is 3.00. The maximum absolute atomic E-state index is 13.0. The number of hydrogen-bond donors (Lipinski definition) is 1. The number of fused-ring (bicyclic) bond motifs is 1. The lowest BCUT2D eigenvalue weighted by atomic mass is 10.1. The molecule has 3 rings (SSSR count). The number of rotatable bonds is 2. The van der Waals surface area contributed by atoms with Crippen molar-refractivity contribution in [3.8, 4) is 5.69 Å². The molecule has 1 aliphatic rings. The van der Waals surface area contributed by atoms with E-state index in [1.165, 1.54) is 4.68 Å². The van der Waals surface area contributed by atoms with Crippen LogP contribution in [-0.2, 0) is 19.0 Å². The summed E-state index contributed by atoms with van der Waals surface area (Å²) in [5.41, 5.74) is 0.314. The van der Waals surface area contributed by atoms with Crippen LogP contribution in [0.25, 0.3) is 5.69 Å². The van der Waals surface area contributed by atoms with E-state index in [1.54, 1.807) is 0 Å². The highest BCUT2D eigenvalue weighted by Crippen LogP contribution is 2.35. The number of aromatic nitrogens is 2. The van der Waals surface area contributed by atoms with Crippen molar-refractivity contribution in [1.29, 1.82) is 0 Å². The van der Waals surface area contributed by atoms with Crippen molar-refractivity contribution in [2.75, 3.05) is 0 Å². The van der Waals surface area contributed by atoms with E-state index in [4.69, 9.17) is 11.6 Å². The number of alkyl halides is 3. The fraction of sp³-hybridized carbons (Fsp3) is 0.375. The Morgan fingerprint density at radius 2 is 1.92 bits per heavy atom. The molecule has 128 valence electrons. The van der Waals surface area contributed by atoms with Gasteiger partial charge in [0.1, 0.15) is 0 Å². The van der Waals surface area contributed by atoms with Crippen molar-refractivity contribution in [2.24, 2.45) is 0 Å². The molecule has 0 unspecified atom stereocenters. The lowest BCUT2D eigenvalue weighted by Gasteiger charge is -2.13. The minimum atomic E-state index is -4.51. The summed E-state index contributed by atoms with van der Waals surface area (Å²) in [6.07, 6.45) is -0.817. The monoisotopic (exact) mass is 358 g/mol. The first-order chi connectivity index (χ1) is 11.3. The van der Waals surface area contributed by atoms with Gasteiger partial charge in [0.2, 0.25) is 0 Å². The van der Waals surface area contributed by atoms with Crippen LogP contribution in [0.1, 0.15) is 46.6 Å². The van der Waals surface area contributed by atoms with Crippen molar-refractivity contribution in [1.82, 2.24) is 9.78 Å². The van der Waals surface area contributed by atoms with Gasteiger partial charge in [0.15, 0.2) is 5.69 Å². The average molecular weight is 359 g/mol. The van der Waals surface area contributed by atoms with Crippen LogP contribution in [-0.4, -0.2) is 20.9 Å². The van der Waals surface area contributed by atoms with Crippen molar-refractivity contribution in [3.63, 3.8) is 0 Å². The van der Waals surface area contributed by atoms with Gasteiger partial charge in [-0.25, -0.2) is 9.48 Å². The van der Waals surface area contributed by atoms with E-state index in [-0.39, 0.29) is 16.4 Å². The van der Waals surface area contributed by atoms with Crippen LogP contribution in [0.15, 0.2) is 18.2 Å². The summed E-state index contributed by atoms with van der Waals surface area (Å²) >= 11 is 6.08. The molecule has 1 heterocycles. The summed E-state index contributed by atoms with van der Waals surface area (Å²) in [7, 11) is 0. The molecule has 1 aliphatic carbocycles. The van der Waals surface area contributed by atoms with Gasteiger partial charge >= 0.3 is 12.1 Å². The van der Waals surface area contributed by atoms with E-state index in [2.05, 4.69) is 5.10 Å². The molecule has 1 aromatic carbocycles. The Bertz CT molecular complexity index is 799. The smallest absolute Gasteiger partial charge is 0.416 e. The van der Waals surface area contributed by atoms with Crippen LogP contribution in [0.5, 0.6) is 0 Å². The standard InChI is InChI=1S/C16H14ClF3N2O2/c17-11-7-6-9(16(18,19)20)8-13(11)22-12-5-3-1-2-4-10(12)14(21-22)15(23)24/h6-8H,1-5H2,(H,23,24). The van der Waals surface area contributed by atoms with Gasteiger partial charge in [-0.2, -0.15) is 18.3 Å². The third-order valence-electron chi connectivity index (χ3n) is 4.13. The van der Waals surface area contributed by atoms with Crippen molar-refractivity contribution in [2.45, 2.75) is 38.3 Å². The molecular weight excluding hydrogens is 345 g/mol. The Balaban J connectivity index is 2.21. The molecule has 4 nitrogen and oxygen atoms in total. The van der Waals surface area contributed by atoms with Crippen LogP contribution < -0.4 is 0 Å². The second-order valence-corrected chi connectivity index (χ2v) is 6.12. The average Bonchev–Trinajstić information content (AvgIpc) is 2.69. The number of halogens is 4. The number of carboxylic acid groups (broad SMARTS) is 1. The van der Waals surface area contributed by atoms with Crippen LogP contribution in [0.3, 0.4) is 0 Å². The molecule has 0 saturated heterocycles. The molecular formula is C16H14ClF3N2O2. The second kappa shape index (κ2) is 6.12. The SMILES string of the molecule is O=C(O)c1nn(-c2cc(C(F)(F)F)ccc2Cl)c2c1CCCCC2. The van der Waals surface area contributed by atoms with Crippen molar-refractivity contribution in [3.05, 3.63) is 45.7 Å². The third kappa shape index (κ3) is 3.00. The van der Waals surface area contributed by atoms with Crippen LogP contribution in [0.2, 0.25) is 5.02 Å². The zero-order valence-corrected chi connectivity index (χ0v) is 13.3. The molecule has 0 aliphatic heterocycles. The lowest BCUT2D eigenvalue weighted by molar-refractivity contribution is -0.137. The molecule has 8 heteroatoms. The normalized spacial score (nSPS) is 15.0. The summed E-state index contributed by atoms with van der Waals surface area (Å²) < 4.78 is 40.2. The summed E-state index contributed by atoms with van der Waals surface area (Å²) in [5, 5.41) is 13.5. The molecule has 0 atom stereocenters. The van der Waals surface area contributed by atoms with E-state index < -0.39 is 17.7 Å². The van der Waals surface area contributed by atoms with Crippen LogP contribution in [0, 0.1) is 0 Å². The Morgan fingerprint density at radius 1 is 1.21 bits per heavy atom. The Labute approximate surface area is 140 Å². The van der Waals surface area contributed by atoms with Gasteiger partial charge in [0, 0.05) is 11.3 Å². The predicted molar refractivity (Wildman–Crippen MR) is 81.8 cm³/mol. The van der Waals surface area contributed by atoms with Crippen molar-refractivity contribution >= 4 is 17.6 Å². The molecule has 0 saturated carbocycles. The second-order valence-electron chi connectivity index (χ2n) is 5.72. The zero-order valence-electron chi connectivity index (χ0n) is 12.5. The highest BCUT2D eigenvalue weighted by molar-refractivity contribution is 6.32. The Morgan fingerprint density at radius 3 is 2.58 bits per heavy atom. The first-order valence-corrected chi connectivity index (χ1v) is 7.88. The molecule has 0 bridgehead atoms. The van der Waals surface area contributed by atoms with E-state index in [0.29, 0.717) is 24.1 Å². The number of nitrogens with zero attached hydrogens (tertiary/aromatic N) is 2. The zero-order chi connectivity index (χ0) is 17.5. The Hall–Kier alpha value is -2.02. The van der Waals surface area contributed by atoms with Gasteiger partial charge in [-0.3, -0.25) is 0 Å². The highest BCUT2D eigenvalue weighted by atomic mass is 35.5. The summed E-state index contributed by atoms with van der Waals surface area (Å²) in [5.74, 6) is -1.19. The van der Waals surface area contributed by atoms with E-state index in [0.717, 1.165) is 37.5 Å². The van der Waals surface area contributed by atoms with E-state index in [9.17, 15) is 23.1 Å². The quantitative estimate of drug-likeness (QED) is 0.803. The molecule has 2 aromatic rings. The molecule has 0 radical (unpaired) electrons. The van der Waals surface area contributed by atoms with Gasteiger partial charge < -0.3 is 5.11 Å². The van der Waals surface area contributed by atoms with Gasteiger partial charge in [0.25, 0.3) is 0 Å². The molecule has 24 heavy (non-hydrogen) atoms. The number of aromatic carboxylic acids is 1. The molecule has 0 amide bonds. The molecule has 1 N–H and O–H groups in total. The van der Waals surface area contributed by atoms with Gasteiger partial charge in [-0.1, -0.05) is 18.0 Å². The summed E-state index contributed by atoms with van der Waals surface area (Å²) in [6.45, 7) is 0. The predicted octanol–water partition coefficient (Wildman–Crippen LogP) is 4.51. The summed E-state index contributed by atoms with van der Waals surface area (Å²) in [4.78, 5) is 11.5. The van der Waals surface area contributed by atoms with E-state index in [1.807, 2.05) is 0 Å².